The first kappa shape index (κ1) is 12.5. The maximum absolute atomic E-state index is 12.0. The van der Waals surface area contributed by atoms with Crippen LogP contribution in [0.3, 0.4) is 0 Å². The Labute approximate surface area is 113 Å². The summed E-state index contributed by atoms with van der Waals surface area (Å²) in [4.78, 5) is 0. The molecule has 1 unspecified atom stereocenters. The van der Waals surface area contributed by atoms with Gasteiger partial charge >= 0.3 is 8.03 Å². The van der Waals surface area contributed by atoms with Crippen molar-refractivity contribution < 1.29 is 9.09 Å². The Morgan fingerprint density at radius 2 is 1.53 bits per heavy atom. The van der Waals surface area contributed by atoms with Crippen LogP contribution >= 0.6 is 8.03 Å². The Morgan fingerprint density at radius 1 is 0.947 bits per heavy atom. The van der Waals surface area contributed by atoms with Crippen LogP contribution in [0.15, 0.2) is 60.7 Å². The van der Waals surface area contributed by atoms with E-state index < -0.39 is 8.03 Å². The maximum Gasteiger partial charge on any atom is 0.532 e. The Morgan fingerprint density at radius 3 is 2.16 bits per heavy atom. The summed E-state index contributed by atoms with van der Waals surface area (Å²) in [6, 6.07) is 20.0. The summed E-state index contributed by atoms with van der Waals surface area (Å²) >= 11 is 0. The summed E-state index contributed by atoms with van der Waals surface area (Å²) in [7, 11) is -1.71. The summed E-state index contributed by atoms with van der Waals surface area (Å²) in [6.45, 7) is 0.447. The van der Waals surface area contributed by atoms with E-state index in [1.807, 2.05) is 48.5 Å². The van der Waals surface area contributed by atoms with Crippen LogP contribution in [-0.2, 0) is 9.09 Å². The first-order valence-electron chi connectivity index (χ1n) is 6.30. The van der Waals surface area contributed by atoms with Crippen molar-refractivity contribution in [1.82, 2.24) is 5.32 Å². The summed E-state index contributed by atoms with van der Waals surface area (Å²) < 4.78 is 17.5. The van der Waals surface area contributed by atoms with Gasteiger partial charge in [-0.25, -0.2) is 0 Å². The standard InChI is InChI=1S/C15H15NO2P/c17-19-15(13-9-5-2-6-10-13)16-14(11-18-19)12-7-3-1-4-8-12/h1-10,14-16H,11H2/q+1/t14-,15+/m1/s1. The predicted molar refractivity (Wildman–Crippen MR) is 75.1 cm³/mol. The monoisotopic (exact) mass is 272 g/mol. The molecule has 1 aliphatic heterocycles. The van der Waals surface area contributed by atoms with E-state index >= 15 is 0 Å². The van der Waals surface area contributed by atoms with Crippen LogP contribution in [0.5, 0.6) is 0 Å². The minimum Gasteiger partial charge on any atom is -0.258 e. The summed E-state index contributed by atoms with van der Waals surface area (Å²) in [5.41, 5.74) is 2.16. The largest absolute Gasteiger partial charge is 0.532 e. The van der Waals surface area contributed by atoms with E-state index in [4.69, 9.17) is 4.52 Å². The van der Waals surface area contributed by atoms with E-state index in [-0.39, 0.29) is 11.8 Å². The van der Waals surface area contributed by atoms with Crippen molar-refractivity contribution in [3.8, 4) is 0 Å². The zero-order valence-corrected chi connectivity index (χ0v) is 11.3. The number of benzene rings is 2. The van der Waals surface area contributed by atoms with Crippen molar-refractivity contribution >= 4 is 8.03 Å². The molecule has 3 nitrogen and oxygen atoms in total. The lowest BCUT2D eigenvalue weighted by Gasteiger charge is -2.23. The number of rotatable bonds is 2. The van der Waals surface area contributed by atoms with Crippen LogP contribution < -0.4 is 5.32 Å². The fourth-order valence-corrected chi connectivity index (χ4v) is 3.42. The van der Waals surface area contributed by atoms with E-state index in [1.54, 1.807) is 0 Å². The molecule has 1 fully saturated rings. The molecule has 1 aliphatic rings. The Bertz CT molecular complexity index is 559. The van der Waals surface area contributed by atoms with E-state index in [2.05, 4.69) is 17.4 Å². The molecule has 1 N–H and O–H groups in total. The fourth-order valence-electron chi connectivity index (χ4n) is 2.25. The number of nitrogens with one attached hydrogen (secondary N) is 1. The molecule has 0 radical (unpaired) electrons. The zero-order chi connectivity index (χ0) is 13.1. The summed E-state index contributed by atoms with van der Waals surface area (Å²) in [5, 5.41) is 3.43. The smallest absolute Gasteiger partial charge is 0.258 e. The van der Waals surface area contributed by atoms with Gasteiger partial charge in [0.05, 0.1) is 6.04 Å². The van der Waals surface area contributed by atoms with E-state index in [9.17, 15) is 4.57 Å². The molecule has 0 aliphatic carbocycles. The van der Waals surface area contributed by atoms with Crippen molar-refractivity contribution in [1.29, 1.82) is 0 Å². The molecule has 2 aromatic carbocycles. The average Bonchev–Trinajstić information content (AvgIpc) is 2.49. The highest BCUT2D eigenvalue weighted by Crippen LogP contribution is 2.45. The predicted octanol–water partition coefficient (Wildman–Crippen LogP) is 3.79. The second kappa shape index (κ2) is 5.62. The van der Waals surface area contributed by atoms with Gasteiger partial charge in [0.15, 0.2) is 0 Å². The summed E-state index contributed by atoms with van der Waals surface area (Å²) in [6.07, 6.45) is 0. The van der Waals surface area contributed by atoms with Crippen LogP contribution in [0.25, 0.3) is 0 Å². The lowest BCUT2D eigenvalue weighted by molar-refractivity contribution is 0.235. The molecule has 0 aromatic heterocycles. The molecule has 0 saturated carbocycles. The number of hydrogen-bond acceptors (Lipinski definition) is 3. The Kier molecular flexibility index (Phi) is 3.69. The Balaban J connectivity index is 1.84. The van der Waals surface area contributed by atoms with Gasteiger partial charge in [-0.2, -0.15) is 0 Å². The van der Waals surface area contributed by atoms with E-state index in [0.717, 1.165) is 11.1 Å². The fraction of sp³-hybridized carbons (Fsp3) is 0.200. The molecule has 2 aromatic rings. The van der Waals surface area contributed by atoms with Gasteiger partial charge in [0.1, 0.15) is 6.61 Å². The second-order valence-corrected chi connectivity index (χ2v) is 5.87. The third kappa shape index (κ3) is 2.74. The molecule has 3 atom stereocenters. The van der Waals surface area contributed by atoms with Crippen LogP contribution in [0, 0.1) is 0 Å². The van der Waals surface area contributed by atoms with E-state index in [1.165, 1.54) is 0 Å². The van der Waals surface area contributed by atoms with Gasteiger partial charge in [0, 0.05) is 5.56 Å². The maximum atomic E-state index is 12.0. The van der Waals surface area contributed by atoms with Gasteiger partial charge in [0.2, 0.25) is 0 Å². The third-order valence-corrected chi connectivity index (χ3v) is 4.53. The molecule has 1 heterocycles. The average molecular weight is 272 g/mol. The molecular formula is C15H15NO2P+. The minimum atomic E-state index is -1.71. The van der Waals surface area contributed by atoms with Crippen LogP contribution in [0.1, 0.15) is 23.0 Å². The molecule has 0 spiro atoms. The first-order valence-corrected chi connectivity index (χ1v) is 7.54. The topological polar surface area (TPSA) is 38.3 Å². The zero-order valence-electron chi connectivity index (χ0n) is 10.4. The molecular weight excluding hydrogens is 257 g/mol. The lowest BCUT2D eigenvalue weighted by Crippen LogP contribution is -2.32. The third-order valence-electron chi connectivity index (χ3n) is 3.26. The SMILES string of the molecule is O=[P+]1OC[C@H](c2ccccc2)N[C@@H]1c1ccccc1. The molecule has 3 rings (SSSR count). The highest BCUT2D eigenvalue weighted by atomic mass is 31.1. The molecule has 96 valence electrons. The van der Waals surface area contributed by atoms with Crippen molar-refractivity contribution in [3.63, 3.8) is 0 Å². The lowest BCUT2D eigenvalue weighted by atomic mass is 10.1. The van der Waals surface area contributed by atoms with Crippen molar-refractivity contribution in [2.24, 2.45) is 0 Å². The molecule has 1 saturated heterocycles. The quantitative estimate of drug-likeness (QED) is 0.845. The second-order valence-electron chi connectivity index (χ2n) is 4.52. The molecule has 4 heteroatoms. The highest BCUT2D eigenvalue weighted by Gasteiger charge is 2.41. The number of hydrogen-bond donors (Lipinski definition) is 1. The Hall–Kier alpha value is -1.54. The van der Waals surface area contributed by atoms with Crippen LogP contribution in [0.2, 0.25) is 0 Å². The van der Waals surface area contributed by atoms with Gasteiger partial charge in [0.25, 0.3) is 5.78 Å². The summed E-state index contributed by atoms with van der Waals surface area (Å²) in [5.74, 6) is -0.241. The first-order chi connectivity index (χ1) is 9.34. The van der Waals surface area contributed by atoms with Crippen LogP contribution in [0.4, 0.5) is 0 Å². The highest BCUT2D eigenvalue weighted by molar-refractivity contribution is 7.39. The molecule has 0 bridgehead atoms. The molecule has 0 amide bonds. The molecule has 19 heavy (non-hydrogen) atoms. The van der Waals surface area contributed by atoms with Crippen molar-refractivity contribution in [3.05, 3.63) is 71.8 Å². The van der Waals surface area contributed by atoms with Crippen molar-refractivity contribution in [2.75, 3.05) is 6.61 Å². The van der Waals surface area contributed by atoms with Gasteiger partial charge in [-0.05, 0) is 10.1 Å². The van der Waals surface area contributed by atoms with Gasteiger partial charge in [-0.15, -0.1) is 4.52 Å². The van der Waals surface area contributed by atoms with Crippen molar-refractivity contribution in [2.45, 2.75) is 11.8 Å². The van der Waals surface area contributed by atoms with Gasteiger partial charge in [-0.1, -0.05) is 60.7 Å². The van der Waals surface area contributed by atoms with Gasteiger partial charge < -0.3 is 0 Å². The van der Waals surface area contributed by atoms with Crippen LogP contribution in [-0.4, -0.2) is 6.61 Å². The van der Waals surface area contributed by atoms with E-state index in [0.29, 0.717) is 6.61 Å². The minimum absolute atomic E-state index is 0.0825. The normalized spacial score (nSPS) is 25.2. The van der Waals surface area contributed by atoms with Gasteiger partial charge in [-0.3, -0.25) is 5.32 Å².